The number of benzene rings is 2. The number of halogens is 2. The lowest BCUT2D eigenvalue weighted by molar-refractivity contribution is 0.417. The van der Waals surface area contributed by atoms with Crippen LogP contribution in [-0.4, -0.2) is 7.11 Å². The minimum Gasteiger partial charge on any atom is -0.495 e. The van der Waals surface area contributed by atoms with Crippen LogP contribution < -0.4 is 10.1 Å². The van der Waals surface area contributed by atoms with E-state index in [1.54, 1.807) is 43.5 Å². The van der Waals surface area contributed by atoms with E-state index in [9.17, 15) is 0 Å². The zero-order valence-corrected chi connectivity index (χ0v) is 11.6. The lowest BCUT2D eigenvalue weighted by Gasteiger charge is -2.12. The molecule has 2 aromatic rings. The molecule has 0 aromatic heterocycles. The van der Waals surface area contributed by atoms with Gasteiger partial charge in [-0.15, -0.1) is 0 Å². The monoisotopic (exact) mass is 292 g/mol. The van der Waals surface area contributed by atoms with E-state index in [1.165, 1.54) is 0 Å². The number of nitrogens with zero attached hydrogens (tertiary/aromatic N) is 1. The Morgan fingerprint density at radius 3 is 2.42 bits per heavy atom. The van der Waals surface area contributed by atoms with E-state index < -0.39 is 0 Å². The topological polar surface area (TPSA) is 45.0 Å². The standard InChI is InChI=1S/C14H10Cl2N2O/c1-19-14-5-3-11(16)7-13(14)18-12-4-2-10(15)6-9(12)8-17/h2-7,18H,1H3. The number of nitriles is 1. The molecule has 0 aliphatic heterocycles. The lowest BCUT2D eigenvalue weighted by atomic mass is 10.2. The Bertz CT molecular complexity index is 650. The molecule has 96 valence electrons. The summed E-state index contributed by atoms with van der Waals surface area (Å²) in [6.07, 6.45) is 0. The number of hydrogen-bond acceptors (Lipinski definition) is 3. The molecule has 0 saturated heterocycles. The minimum atomic E-state index is 0.453. The van der Waals surface area contributed by atoms with Gasteiger partial charge < -0.3 is 10.1 Å². The second-order valence-electron chi connectivity index (χ2n) is 3.77. The van der Waals surface area contributed by atoms with Crippen molar-refractivity contribution in [3.8, 4) is 11.8 Å². The molecule has 0 heterocycles. The number of methoxy groups -OCH3 is 1. The first kappa shape index (κ1) is 13.5. The summed E-state index contributed by atoms with van der Waals surface area (Å²) in [7, 11) is 1.57. The summed E-state index contributed by atoms with van der Waals surface area (Å²) < 4.78 is 5.24. The molecule has 0 unspecified atom stereocenters. The molecule has 0 spiro atoms. The Morgan fingerprint density at radius 2 is 1.74 bits per heavy atom. The van der Waals surface area contributed by atoms with Gasteiger partial charge >= 0.3 is 0 Å². The summed E-state index contributed by atoms with van der Waals surface area (Å²) >= 11 is 11.8. The Balaban J connectivity index is 2.41. The number of rotatable bonds is 3. The highest BCUT2D eigenvalue weighted by molar-refractivity contribution is 6.31. The van der Waals surface area contributed by atoms with E-state index in [4.69, 9.17) is 33.2 Å². The summed E-state index contributed by atoms with van der Waals surface area (Å²) in [6.45, 7) is 0. The highest BCUT2D eigenvalue weighted by Crippen LogP contribution is 2.32. The van der Waals surface area contributed by atoms with Gasteiger partial charge in [0.05, 0.1) is 24.0 Å². The highest BCUT2D eigenvalue weighted by atomic mass is 35.5. The fourth-order valence-corrected chi connectivity index (χ4v) is 1.99. The van der Waals surface area contributed by atoms with Crippen LogP contribution in [0.4, 0.5) is 11.4 Å². The predicted octanol–water partition coefficient (Wildman–Crippen LogP) is 4.62. The van der Waals surface area contributed by atoms with Crippen molar-refractivity contribution in [3.05, 3.63) is 52.0 Å². The van der Waals surface area contributed by atoms with Gasteiger partial charge in [-0.25, -0.2) is 0 Å². The van der Waals surface area contributed by atoms with Crippen molar-refractivity contribution in [2.24, 2.45) is 0 Å². The zero-order valence-electron chi connectivity index (χ0n) is 10.1. The Morgan fingerprint density at radius 1 is 1.05 bits per heavy atom. The summed E-state index contributed by atoms with van der Waals surface area (Å²) in [5.74, 6) is 0.642. The quantitative estimate of drug-likeness (QED) is 0.898. The predicted molar refractivity (Wildman–Crippen MR) is 77.5 cm³/mol. The fourth-order valence-electron chi connectivity index (χ4n) is 1.64. The van der Waals surface area contributed by atoms with E-state index in [1.807, 2.05) is 0 Å². The van der Waals surface area contributed by atoms with Gasteiger partial charge in [-0.1, -0.05) is 23.2 Å². The molecular weight excluding hydrogens is 283 g/mol. The highest BCUT2D eigenvalue weighted by Gasteiger charge is 2.08. The molecule has 0 aliphatic rings. The molecule has 0 saturated carbocycles. The normalized spacial score (nSPS) is 9.79. The van der Waals surface area contributed by atoms with E-state index in [0.29, 0.717) is 32.7 Å². The third-order valence-electron chi connectivity index (χ3n) is 2.53. The summed E-state index contributed by atoms with van der Waals surface area (Å²) in [4.78, 5) is 0. The number of anilines is 2. The van der Waals surface area contributed by atoms with Crippen molar-refractivity contribution in [1.82, 2.24) is 0 Å². The molecule has 0 bridgehead atoms. The summed E-state index contributed by atoms with van der Waals surface area (Å²) in [5.41, 5.74) is 1.79. The van der Waals surface area contributed by atoms with Gasteiger partial charge in [-0.05, 0) is 36.4 Å². The van der Waals surface area contributed by atoms with Crippen LogP contribution in [0.1, 0.15) is 5.56 Å². The molecule has 1 N–H and O–H groups in total. The molecule has 2 rings (SSSR count). The average Bonchev–Trinajstić information content (AvgIpc) is 2.41. The first-order chi connectivity index (χ1) is 9.13. The van der Waals surface area contributed by atoms with Crippen LogP contribution >= 0.6 is 23.2 Å². The second-order valence-corrected chi connectivity index (χ2v) is 4.64. The molecule has 0 atom stereocenters. The van der Waals surface area contributed by atoms with Crippen LogP contribution in [-0.2, 0) is 0 Å². The van der Waals surface area contributed by atoms with Crippen molar-refractivity contribution >= 4 is 34.6 Å². The molecule has 0 amide bonds. The molecule has 19 heavy (non-hydrogen) atoms. The first-order valence-electron chi connectivity index (χ1n) is 5.44. The smallest absolute Gasteiger partial charge is 0.142 e. The molecule has 3 nitrogen and oxygen atoms in total. The lowest BCUT2D eigenvalue weighted by Crippen LogP contribution is -1.96. The molecule has 0 aliphatic carbocycles. The van der Waals surface area contributed by atoms with Gasteiger partial charge in [-0.2, -0.15) is 5.26 Å². The van der Waals surface area contributed by atoms with Gasteiger partial charge in [-0.3, -0.25) is 0 Å². The van der Waals surface area contributed by atoms with Crippen molar-refractivity contribution in [2.45, 2.75) is 0 Å². The SMILES string of the molecule is COc1ccc(Cl)cc1Nc1ccc(Cl)cc1C#N. The van der Waals surface area contributed by atoms with Crippen molar-refractivity contribution in [2.75, 3.05) is 12.4 Å². The van der Waals surface area contributed by atoms with Crippen molar-refractivity contribution in [1.29, 1.82) is 5.26 Å². The Hall–Kier alpha value is -1.89. The molecule has 5 heteroatoms. The van der Waals surface area contributed by atoms with Gasteiger partial charge in [0, 0.05) is 10.0 Å². The van der Waals surface area contributed by atoms with Gasteiger partial charge in [0.2, 0.25) is 0 Å². The fraction of sp³-hybridized carbons (Fsp3) is 0.0714. The van der Waals surface area contributed by atoms with Crippen LogP contribution in [0.3, 0.4) is 0 Å². The third-order valence-corrected chi connectivity index (χ3v) is 3.00. The zero-order chi connectivity index (χ0) is 13.8. The van der Waals surface area contributed by atoms with Gasteiger partial charge in [0.25, 0.3) is 0 Å². The van der Waals surface area contributed by atoms with Crippen LogP contribution in [0.15, 0.2) is 36.4 Å². The maximum atomic E-state index is 9.10. The average molecular weight is 293 g/mol. The molecule has 0 fully saturated rings. The van der Waals surface area contributed by atoms with Crippen LogP contribution in [0.5, 0.6) is 5.75 Å². The number of nitrogens with one attached hydrogen (secondary N) is 1. The van der Waals surface area contributed by atoms with E-state index in [2.05, 4.69) is 11.4 Å². The minimum absolute atomic E-state index is 0.453. The second kappa shape index (κ2) is 5.83. The molecule has 0 radical (unpaired) electrons. The maximum absolute atomic E-state index is 9.10. The van der Waals surface area contributed by atoms with Gasteiger partial charge in [0.1, 0.15) is 11.8 Å². The third kappa shape index (κ3) is 3.11. The summed E-state index contributed by atoms with van der Waals surface area (Å²) in [5, 5.41) is 13.3. The Labute approximate surface area is 121 Å². The maximum Gasteiger partial charge on any atom is 0.142 e. The summed E-state index contributed by atoms with van der Waals surface area (Å²) in [6, 6.07) is 12.4. The largest absolute Gasteiger partial charge is 0.495 e. The van der Waals surface area contributed by atoms with E-state index >= 15 is 0 Å². The van der Waals surface area contributed by atoms with E-state index in [0.717, 1.165) is 0 Å². The van der Waals surface area contributed by atoms with Crippen molar-refractivity contribution in [3.63, 3.8) is 0 Å². The first-order valence-corrected chi connectivity index (χ1v) is 6.20. The molecular formula is C14H10Cl2N2O. The van der Waals surface area contributed by atoms with Crippen LogP contribution in [0.2, 0.25) is 10.0 Å². The van der Waals surface area contributed by atoms with E-state index in [-0.39, 0.29) is 0 Å². The number of hydrogen-bond donors (Lipinski definition) is 1. The Kier molecular flexibility index (Phi) is 4.16. The number of ether oxygens (including phenoxy) is 1. The van der Waals surface area contributed by atoms with Crippen LogP contribution in [0.25, 0.3) is 0 Å². The van der Waals surface area contributed by atoms with Gasteiger partial charge in [0.15, 0.2) is 0 Å². The van der Waals surface area contributed by atoms with Crippen LogP contribution in [0, 0.1) is 11.3 Å². The molecule has 2 aromatic carbocycles. The van der Waals surface area contributed by atoms with Crippen molar-refractivity contribution < 1.29 is 4.74 Å².